The Bertz CT molecular complexity index is 1020. The number of furan rings is 1. The van der Waals surface area contributed by atoms with Crippen LogP contribution in [0.15, 0.2) is 69.8 Å². The molecule has 0 radical (unpaired) electrons. The summed E-state index contributed by atoms with van der Waals surface area (Å²) in [6, 6.07) is 15.7. The van der Waals surface area contributed by atoms with Crippen LogP contribution in [0.3, 0.4) is 0 Å². The van der Waals surface area contributed by atoms with E-state index < -0.39 is 0 Å². The van der Waals surface area contributed by atoms with Gasteiger partial charge in [-0.3, -0.25) is 9.59 Å². The van der Waals surface area contributed by atoms with Crippen molar-refractivity contribution in [3.63, 3.8) is 0 Å². The molecular weight excluding hydrogens is 472 g/mol. The summed E-state index contributed by atoms with van der Waals surface area (Å²) in [5, 5.41) is 5.66. The fraction of sp³-hybridized carbons (Fsp3) is 0.280. The zero-order valence-corrected chi connectivity index (χ0v) is 19.6. The van der Waals surface area contributed by atoms with E-state index in [9.17, 15) is 9.59 Å². The number of ether oxygens (including phenoxy) is 1. The fourth-order valence-corrected chi connectivity index (χ4v) is 3.46. The number of rotatable bonds is 11. The maximum Gasteiger partial charge on any atom is 0.259 e. The van der Waals surface area contributed by atoms with E-state index in [1.54, 1.807) is 54.8 Å². The van der Waals surface area contributed by atoms with Gasteiger partial charge in [-0.2, -0.15) is 0 Å². The molecule has 0 spiro atoms. The molecule has 2 N–H and O–H groups in total. The lowest BCUT2D eigenvalue weighted by Gasteiger charge is -2.13. The number of carbonyl (C=O) groups excluding carboxylic acids is 2. The standard InChI is InChI=1S/C25H27BrN2O4/c1-2-3-4-5-14-32-23-13-10-19(26)16-22(23)25(30)28-20-11-8-18(9-12-20)24(29)27-17-21-7-6-15-31-21/h6-13,15-16H,2-5,14,17H2,1H3,(H,27,29)(H,28,30). The average Bonchev–Trinajstić information content (AvgIpc) is 3.32. The van der Waals surface area contributed by atoms with E-state index in [0.717, 1.165) is 23.7 Å². The molecule has 2 aromatic carbocycles. The number of hydrogen-bond acceptors (Lipinski definition) is 4. The van der Waals surface area contributed by atoms with Crippen molar-refractivity contribution in [2.75, 3.05) is 11.9 Å². The first kappa shape index (κ1) is 23.6. The Hall–Kier alpha value is -3.06. The highest BCUT2D eigenvalue weighted by Crippen LogP contribution is 2.25. The van der Waals surface area contributed by atoms with E-state index in [1.165, 1.54) is 6.42 Å². The molecule has 0 aliphatic carbocycles. The van der Waals surface area contributed by atoms with E-state index >= 15 is 0 Å². The first-order valence-corrected chi connectivity index (χ1v) is 11.5. The number of unbranched alkanes of at least 4 members (excludes halogenated alkanes) is 3. The van der Waals surface area contributed by atoms with Crippen LogP contribution in [0.4, 0.5) is 5.69 Å². The maximum absolute atomic E-state index is 12.9. The predicted molar refractivity (Wildman–Crippen MR) is 128 cm³/mol. The fourth-order valence-electron chi connectivity index (χ4n) is 3.10. The van der Waals surface area contributed by atoms with Crippen LogP contribution in [-0.2, 0) is 6.54 Å². The summed E-state index contributed by atoms with van der Waals surface area (Å²) >= 11 is 3.42. The van der Waals surface area contributed by atoms with E-state index in [-0.39, 0.29) is 11.8 Å². The Morgan fingerprint density at radius 2 is 1.81 bits per heavy atom. The molecule has 3 rings (SSSR count). The first-order chi connectivity index (χ1) is 15.6. The maximum atomic E-state index is 12.9. The van der Waals surface area contributed by atoms with Crippen molar-refractivity contribution in [1.29, 1.82) is 0 Å². The normalized spacial score (nSPS) is 10.6. The molecule has 1 aromatic heterocycles. The lowest BCUT2D eigenvalue weighted by atomic mass is 10.1. The van der Waals surface area contributed by atoms with Crippen molar-refractivity contribution >= 4 is 33.4 Å². The summed E-state index contributed by atoms with van der Waals surface area (Å²) in [7, 11) is 0. The highest BCUT2D eigenvalue weighted by molar-refractivity contribution is 9.10. The number of hydrogen-bond donors (Lipinski definition) is 2. The van der Waals surface area contributed by atoms with Gasteiger partial charge >= 0.3 is 0 Å². The molecule has 0 unspecified atom stereocenters. The smallest absolute Gasteiger partial charge is 0.259 e. The largest absolute Gasteiger partial charge is 0.493 e. The summed E-state index contributed by atoms with van der Waals surface area (Å²) in [5.74, 6) is 0.741. The van der Waals surface area contributed by atoms with Gasteiger partial charge in [0.05, 0.1) is 25.0 Å². The molecule has 0 aliphatic rings. The summed E-state index contributed by atoms with van der Waals surface area (Å²) in [6.07, 6.45) is 5.96. The molecule has 0 fully saturated rings. The first-order valence-electron chi connectivity index (χ1n) is 10.7. The molecule has 168 valence electrons. The molecule has 3 aromatic rings. The lowest BCUT2D eigenvalue weighted by molar-refractivity contribution is 0.0947. The van der Waals surface area contributed by atoms with Crippen LogP contribution in [0.1, 0.15) is 59.1 Å². The molecule has 0 saturated heterocycles. The van der Waals surface area contributed by atoms with Gasteiger partial charge in [0.25, 0.3) is 11.8 Å². The monoisotopic (exact) mass is 498 g/mol. The molecule has 0 saturated carbocycles. The zero-order chi connectivity index (χ0) is 22.8. The van der Waals surface area contributed by atoms with Gasteiger partial charge in [-0.05, 0) is 61.0 Å². The van der Waals surface area contributed by atoms with Crippen molar-refractivity contribution in [1.82, 2.24) is 5.32 Å². The number of carbonyl (C=O) groups is 2. The van der Waals surface area contributed by atoms with Crippen molar-refractivity contribution < 1.29 is 18.7 Å². The van der Waals surface area contributed by atoms with Gasteiger partial charge < -0.3 is 19.8 Å². The van der Waals surface area contributed by atoms with Gasteiger partial charge in [0.1, 0.15) is 11.5 Å². The van der Waals surface area contributed by atoms with Gasteiger partial charge in [-0.15, -0.1) is 0 Å². The quantitative estimate of drug-likeness (QED) is 0.309. The van der Waals surface area contributed by atoms with Crippen LogP contribution in [0.2, 0.25) is 0 Å². The average molecular weight is 499 g/mol. The Morgan fingerprint density at radius 1 is 1.00 bits per heavy atom. The van der Waals surface area contributed by atoms with Gasteiger partial charge in [0, 0.05) is 15.7 Å². The number of halogens is 1. The van der Waals surface area contributed by atoms with Crippen LogP contribution in [0, 0.1) is 0 Å². The number of benzene rings is 2. The Kier molecular flexibility index (Phi) is 8.92. The highest BCUT2D eigenvalue weighted by atomic mass is 79.9. The van der Waals surface area contributed by atoms with Gasteiger partial charge in [0.2, 0.25) is 0 Å². The minimum absolute atomic E-state index is 0.218. The third kappa shape index (κ3) is 6.99. The van der Waals surface area contributed by atoms with E-state index in [4.69, 9.17) is 9.15 Å². The minimum Gasteiger partial charge on any atom is -0.493 e. The molecule has 7 heteroatoms. The van der Waals surface area contributed by atoms with Crippen LogP contribution >= 0.6 is 15.9 Å². The summed E-state index contributed by atoms with van der Waals surface area (Å²) in [5.41, 5.74) is 1.54. The van der Waals surface area contributed by atoms with Crippen molar-refractivity contribution in [3.05, 3.63) is 82.2 Å². The van der Waals surface area contributed by atoms with E-state index in [0.29, 0.717) is 41.5 Å². The van der Waals surface area contributed by atoms with Crippen molar-refractivity contribution in [2.24, 2.45) is 0 Å². The van der Waals surface area contributed by atoms with Crippen LogP contribution in [0.25, 0.3) is 0 Å². The SMILES string of the molecule is CCCCCCOc1ccc(Br)cc1C(=O)Nc1ccc(C(=O)NCc2ccco2)cc1. The van der Waals surface area contributed by atoms with Crippen LogP contribution < -0.4 is 15.4 Å². The van der Waals surface area contributed by atoms with Gasteiger partial charge in [-0.1, -0.05) is 42.1 Å². The molecule has 0 aliphatic heterocycles. The van der Waals surface area contributed by atoms with Crippen LogP contribution in [0.5, 0.6) is 5.75 Å². The lowest BCUT2D eigenvalue weighted by Crippen LogP contribution is -2.22. The van der Waals surface area contributed by atoms with Crippen molar-refractivity contribution in [2.45, 2.75) is 39.2 Å². The summed E-state index contributed by atoms with van der Waals surface area (Å²) < 4.78 is 11.9. The van der Waals surface area contributed by atoms with E-state index in [2.05, 4.69) is 33.5 Å². The highest BCUT2D eigenvalue weighted by Gasteiger charge is 2.14. The number of nitrogens with one attached hydrogen (secondary N) is 2. The second-order valence-electron chi connectivity index (χ2n) is 7.34. The molecular formula is C25H27BrN2O4. The number of anilines is 1. The Labute approximate surface area is 196 Å². The van der Waals surface area contributed by atoms with Gasteiger partial charge in [-0.25, -0.2) is 0 Å². The molecule has 6 nitrogen and oxygen atoms in total. The minimum atomic E-state index is -0.273. The second-order valence-corrected chi connectivity index (χ2v) is 8.26. The third-order valence-corrected chi connectivity index (χ3v) is 5.34. The predicted octanol–water partition coefficient (Wildman–Crippen LogP) is 6.18. The third-order valence-electron chi connectivity index (χ3n) is 4.85. The molecule has 2 amide bonds. The second kappa shape index (κ2) is 12.1. The molecule has 0 atom stereocenters. The molecule has 32 heavy (non-hydrogen) atoms. The number of amides is 2. The zero-order valence-electron chi connectivity index (χ0n) is 18.0. The Morgan fingerprint density at radius 3 is 2.53 bits per heavy atom. The summed E-state index contributed by atoms with van der Waals surface area (Å²) in [6.45, 7) is 3.05. The molecule has 1 heterocycles. The topological polar surface area (TPSA) is 80.6 Å². The van der Waals surface area contributed by atoms with Gasteiger partial charge in [0.15, 0.2) is 0 Å². The van der Waals surface area contributed by atoms with Crippen molar-refractivity contribution in [3.8, 4) is 5.75 Å². The summed E-state index contributed by atoms with van der Waals surface area (Å²) in [4.78, 5) is 25.2. The Balaban J connectivity index is 1.59. The van der Waals surface area contributed by atoms with Crippen LogP contribution in [-0.4, -0.2) is 18.4 Å². The molecule has 0 bridgehead atoms. The van der Waals surface area contributed by atoms with E-state index in [1.807, 2.05) is 6.07 Å².